The largest absolute Gasteiger partial charge is 0.473 e. The second-order valence-corrected chi connectivity index (χ2v) is 18.6. The predicted octanol–water partition coefficient (Wildman–Crippen LogP) is 7.25. The number of aromatic nitrogens is 3. The first kappa shape index (κ1) is 30.1. The van der Waals surface area contributed by atoms with Gasteiger partial charge in [-0.1, -0.05) is 44.8 Å². The van der Waals surface area contributed by atoms with Gasteiger partial charge in [-0.05, 0) is 48.7 Å². The number of nitriles is 1. The molecule has 0 amide bonds. The van der Waals surface area contributed by atoms with Crippen LogP contribution in [-0.4, -0.2) is 47.2 Å². The minimum absolute atomic E-state index is 0.0481. The van der Waals surface area contributed by atoms with Crippen molar-refractivity contribution in [3.05, 3.63) is 81.9 Å². The first-order valence-electron chi connectivity index (χ1n) is 14.5. The van der Waals surface area contributed by atoms with Crippen LogP contribution in [-0.2, 0) is 31.0 Å². The third kappa shape index (κ3) is 7.52. The molecule has 1 aliphatic heterocycles. The van der Waals surface area contributed by atoms with Crippen molar-refractivity contribution in [2.45, 2.75) is 65.3 Å². The molecule has 0 spiro atoms. The van der Waals surface area contributed by atoms with E-state index >= 15 is 0 Å². The van der Waals surface area contributed by atoms with E-state index in [1.54, 1.807) is 29.5 Å². The fourth-order valence-corrected chi connectivity index (χ4v) is 6.58. The highest BCUT2D eigenvalue weighted by Crippen LogP contribution is 2.29. The smallest absolute Gasteiger partial charge is 0.214 e. The number of nitrogens with zero attached hydrogens (tertiary/aromatic N) is 5. The van der Waals surface area contributed by atoms with Gasteiger partial charge in [-0.3, -0.25) is 4.90 Å². The number of benzene rings is 1. The number of hydrogen-bond acceptors (Lipinski definition) is 7. The van der Waals surface area contributed by atoms with Crippen LogP contribution >= 0.6 is 11.3 Å². The summed E-state index contributed by atoms with van der Waals surface area (Å²) < 4.78 is 28.5. The monoisotopic (exact) mass is 603 g/mol. The minimum Gasteiger partial charge on any atom is -0.473 e. The molecule has 0 unspecified atom stereocenters. The summed E-state index contributed by atoms with van der Waals surface area (Å²) in [4.78, 5) is 14.6. The lowest BCUT2D eigenvalue weighted by Gasteiger charge is -2.26. The van der Waals surface area contributed by atoms with Gasteiger partial charge in [-0.25, -0.2) is 14.4 Å². The minimum atomic E-state index is -1.15. The third-order valence-corrected chi connectivity index (χ3v) is 10.3. The molecule has 0 atom stereocenters. The molecule has 1 aliphatic rings. The molecule has 0 bridgehead atoms. The van der Waals surface area contributed by atoms with Crippen LogP contribution in [0.4, 0.5) is 4.39 Å². The van der Waals surface area contributed by atoms with Gasteiger partial charge in [0.05, 0.1) is 29.4 Å². The summed E-state index contributed by atoms with van der Waals surface area (Å²) in [5.41, 5.74) is 3.90. The number of thiophene rings is 1. The van der Waals surface area contributed by atoms with E-state index in [2.05, 4.69) is 53.2 Å². The first-order valence-corrected chi connectivity index (χ1v) is 19.0. The van der Waals surface area contributed by atoms with Crippen LogP contribution in [0, 0.1) is 17.1 Å². The molecule has 0 saturated heterocycles. The van der Waals surface area contributed by atoms with E-state index < -0.39 is 13.9 Å². The van der Waals surface area contributed by atoms with Crippen LogP contribution in [0.15, 0.2) is 48.5 Å². The van der Waals surface area contributed by atoms with Gasteiger partial charge in [0.15, 0.2) is 0 Å². The Morgan fingerprint density at radius 3 is 2.71 bits per heavy atom. The first-order chi connectivity index (χ1) is 20.2. The van der Waals surface area contributed by atoms with E-state index in [9.17, 15) is 4.39 Å². The summed E-state index contributed by atoms with van der Waals surface area (Å²) in [5.74, 6) is 1.04. The average Bonchev–Trinajstić information content (AvgIpc) is 3.52. The molecule has 0 fully saturated rings. The Bertz CT molecular complexity index is 1620. The van der Waals surface area contributed by atoms with Crippen molar-refractivity contribution in [1.29, 1.82) is 5.26 Å². The summed E-state index contributed by atoms with van der Waals surface area (Å²) in [6.07, 6.45) is 4.10. The average molecular weight is 604 g/mol. The van der Waals surface area contributed by atoms with Crippen molar-refractivity contribution in [2.24, 2.45) is 0 Å². The molecule has 220 valence electrons. The quantitative estimate of drug-likeness (QED) is 0.125. The molecule has 4 aromatic rings. The summed E-state index contributed by atoms with van der Waals surface area (Å²) in [7, 11) is -1.15. The van der Waals surface area contributed by atoms with Gasteiger partial charge in [0.25, 0.3) is 0 Å². The van der Waals surface area contributed by atoms with Crippen LogP contribution in [0.3, 0.4) is 0 Å². The molecule has 4 heterocycles. The topological polar surface area (TPSA) is 76.2 Å². The summed E-state index contributed by atoms with van der Waals surface area (Å²) in [6.45, 7) is 13.1. The molecule has 7 nitrogen and oxygen atoms in total. The van der Waals surface area contributed by atoms with Crippen molar-refractivity contribution in [2.75, 3.05) is 19.7 Å². The summed E-state index contributed by atoms with van der Waals surface area (Å²) in [5, 5.41) is 8.94. The molecule has 0 radical (unpaired) electrons. The van der Waals surface area contributed by atoms with Gasteiger partial charge < -0.3 is 14.0 Å². The van der Waals surface area contributed by atoms with Crippen LogP contribution in [0.2, 0.25) is 25.7 Å². The zero-order chi connectivity index (χ0) is 29.7. The fourth-order valence-electron chi connectivity index (χ4n) is 4.83. The van der Waals surface area contributed by atoms with E-state index in [1.165, 1.54) is 22.0 Å². The van der Waals surface area contributed by atoms with Gasteiger partial charge in [-0.15, -0.1) is 11.3 Å². The number of hydrogen-bond donors (Lipinski definition) is 0. The third-order valence-electron chi connectivity index (χ3n) is 7.41. The van der Waals surface area contributed by atoms with Crippen molar-refractivity contribution < 1.29 is 13.9 Å². The number of aryl methyl sites for hydroxylation is 1. The van der Waals surface area contributed by atoms with E-state index in [4.69, 9.17) is 19.7 Å². The second-order valence-electron chi connectivity index (χ2n) is 11.8. The van der Waals surface area contributed by atoms with Gasteiger partial charge in [-0.2, -0.15) is 5.26 Å². The number of halogens is 1. The Morgan fingerprint density at radius 2 is 2.00 bits per heavy atom. The van der Waals surface area contributed by atoms with Gasteiger partial charge in [0.1, 0.15) is 29.8 Å². The van der Waals surface area contributed by atoms with Crippen molar-refractivity contribution >= 4 is 35.3 Å². The number of rotatable bonds is 12. The van der Waals surface area contributed by atoms with Gasteiger partial charge in [0, 0.05) is 44.3 Å². The van der Waals surface area contributed by atoms with Gasteiger partial charge in [0.2, 0.25) is 5.88 Å². The lowest BCUT2D eigenvalue weighted by Crippen LogP contribution is -2.29. The predicted molar refractivity (Wildman–Crippen MR) is 169 cm³/mol. The maximum Gasteiger partial charge on any atom is 0.214 e. The zero-order valence-electron chi connectivity index (χ0n) is 24.8. The molecule has 5 rings (SSSR count). The molecule has 3 aromatic heterocycles. The normalized spacial score (nSPS) is 14.2. The Labute approximate surface area is 252 Å². The fraction of sp³-hybridized carbons (Fsp3) is 0.406. The summed E-state index contributed by atoms with van der Waals surface area (Å²) >= 11 is 1.78. The number of fused-ring (bicyclic) bond motifs is 1. The zero-order valence-corrected chi connectivity index (χ0v) is 26.6. The highest BCUT2D eigenvalue weighted by Gasteiger charge is 2.20. The van der Waals surface area contributed by atoms with Gasteiger partial charge >= 0.3 is 0 Å². The molecule has 0 aliphatic carbocycles. The highest BCUT2D eigenvalue weighted by molar-refractivity contribution is 7.18. The van der Waals surface area contributed by atoms with Crippen molar-refractivity contribution in [3.63, 3.8) is 0 Å². The second kappa shape index (κ2) is 13.3. The summed E-state index contributed by atoms with van der Waals surface area (Å²) in [6, 6.07) is 15.4. The lowest BCUT2D eigenvalue weighted by molar-refractivity contribution is 0.0859. The molecule has 1 aromatic carbocycles. The standard InChI is InChI=1S/C32H38FN5O2SSi/c1-5-26-18-29-32(41-26)36-30(38(29)22-39-15-16-42(2,3)4)20-37-13-11-24(12-14-37)28-7-6-8-31(35-28)40-21-25-10-9-23(19-34)17-27(25)33/h6-11,17-18H,5,12-16,20-22H2,1-4H3. The number of imidazole rings is 1. The molecule has 42 heavy (non-hydrogen) atoms. The van der Waals surface area contributed by atoms with E-state index in [-0.39, 0.29) is 12.2 Å². The van der Waals surface area contributed by atoms with Crippen molar-refractivity contribution in [1.82, 2.24) is 19.4 Å². The number of ether oxygens (including phenoxy) is 2. The van der Waals surface area contributed by atoms with E-state index in [0.29, 0.717) is 18.2 Å². The molecular weight excluding hydrogens is 566 g/mol. The Morgan fingerprint density at radius 1 is 1.14 bits per heavy atom. The lowest BCUT2D eigenvalue weighted by atomic mass is 10.0. The highest BCUT2D eigenvalue weighted by atomic mass is 32.1. The van der Waals surface area contributed by atoms with Crippen LogP contribution in [0.5, 0.6) is 5.88 Å². The molecule has 0 N–H and O–H groups in total. The molecular formula is C32H38FN5O2SSi. The number of pyridine rings is 1. The Kier molecular flexibility index (Phi) is 9.53. The maximum atomic E-state index is 14.2. The van der Waals surface area contributed by atoms with E-state index in [0.717, 1.165) is 61.5 Å². The maximum absolute atomic E-state index is 14.2. The van der Waals surface area contributed by atoms with Crippen LogP contribution in [0.25, 0.3) is 15.9 Å². The Balaban J connectivity index is 1.22. The van der Waals surface area contributed by atoms with Crippen molar-refractivity contribution in [3.8, 4) is 11.9 Å². The van der Waals surface area contributed by atoms with E-state index in [1.807, 2.05) is 18.2 Å². The van der Waals surface area contributed by atoms with Crippen LogP contribution in [0.1, 0.15) is 40.9 Å². The molecule has 0 saturated carbocycles. The van der Waals surface area contributed by atoms with Crippen LogP contribution < -0.4 is 4.74 Å². The SMILES string of the molecule is CCc1cc2c(nc(CN3CC=C(c4cccc(OCc5ccc(C#N)cc5F)n4)CC3)n2COCC[Si](C)(C)C)s1. The Hall–Kier alpha value is -3.36. The molecule has 10 heteroatoms.